The molecule has 4 aliphatic carbocycles. The molecule has 3 unspecified atom stereocenters. The van der Waals surface area contributed by atoms with Crippen LogP contribution in [0.25, 0.3) is 43.8 Å². The van der Waals surface area contributed by atoms with Crippen LogP contribution in [0.2, 0.25) is 0 Å². The number of anilines is 3. The Labute approximate surface area is 327 Å². The van der Waals surface area contributed by atoms with Crippen molar-refractivity contribution in [2.45, 2.75) is 88.9 Å². The van der Waals surface area contributed by atoms with Gasteiger partial charge in [-0.3, -0.25) is 0 Å². The van der Waals surface area contributed by atoms with Gasteiger partial charge in [-0.25, -0.2) is 0 Å². The molecule has 0 spiro atoms. The Morgan fingerprint density at radius 1 is 0.491 bits per heavy atom. The van der Waals surface area contributed by atoms with Gasteiger partial charge in [-0.15, -0.1) is 0 Å². The molecule has 7 aromatic carbocycles. The molecule has 0 amide bonds. The zero-order valence-electron chi connectivity index (χ0n) is 32.4. The van der Waals surface area contributed by atoms with Crippen LogP contribution >= 0.6 is 0 Å². The molecule has 0 saturated heterocycles. The van der Waals surface area contributed by atoms with Crippen molar-refractivity contribution in [3.8, 4) is 22.3 Å². The summed E-state index contributed by atoms with van der Waals surface area (Å²) in [6.07, 6.45) is 12.4. The predicted molar refractivity (Wildman–Crippen MR) is 233 cm³/mol. The van der Waals surface area contributed by atoms with E-state index in [-0.39, 0.29) is 5.41 Å². The number of fused-ring (bicyclic) bond motifs is 7. The van der Waals surface area contributed by atoms with Gasteiger partial charge in [-0.05, 0) is 164 Å². The van der Waals surface area contributed by atoms with Gasteiger partial charge >= 0.3 is 0 Å². The van der Waals surface area contributed by atoms with Crippen LogP contribution in [0.5, 0.6) is 0 Å². The minimum atomic E-state index is -0.118. The van der Waals surface area contributed by atoms with E-state index in [0.29, 0.717) is 5.92 Å². The number of benzene rings is 7. The van der Waals surface area contributed by atoms with Crippen molar-refractivity contribution in [1.29, 1.82) is 0 Å². The van der Waals surface area contributed by atoms with Crippen molar-refractivity contribution in [1.82, 2.24) is 0 Å². The van der Waals surface area contributed by atoms with Crippen LogP contribution in [0.1, 0.15) is 106 Å². The van der Waals surface area contributed by atoms with Crippen LogP contribution in [0, 0.1) is 11.8 Å². The average Bonchev–Trinajstić information content (AvgIpc) is 3.94. The summed E-state index contributed by atoms with van der Waals surface area (Å²) in [6.45, 7) is 4.83. The summed E-state index contributed by atoms with van der Waals surface area (Å²) < 4.78 is 0. The van der Waals surface area contributed by atoms with Crippen molar-refractivity contribution < 1.29 is 0 Å². The zero-order chi connectivity index (χ0) is 36.7. The first-order valence-electron chi connectivity index (χ1n) is 21.2. The molecule has 0 aliphatic heterocycles. The molecule has 272 valence electrons. The van der Waals surface area contributed by atoms with Gasteiger partial charge in [0.15, 0.2) is 0 Å². The van der Waals surface area contributed by atoms with E-state index in [1.165, 1.54) is 135 Å². The van der Waals surface area contributed by atoms with Gasteiger partial charge in [0.1, 0.15) is 0 Å². The van der Waals surface area contributed by atoms with E-state index in [0.717, 1.165) is 17.8 Å². The van der Waals surface area contributed by atoms with Crippen molar-refractivity contribution in [3.63, 3.8) is 0 Å². The summed E-state index contributed by atoms with van der Waals surface area (Å²) >= 11 is 0. The summed E-state index contributed by atoms with van der Waals surface area (Å²) in [4.78, 5) is 2.53. The monoisotopic (exact) mass is 713 g/mol. The summed E-state index contributed by atoms with van der Waals surface area (Å²) in [5.74, 6) is 3.26. The molecule has 1 nitrogen and oxygen atoms in total. The topological polar surface area (TPSA) is 3.24 Å². The summed E-state index contributed by atoms with van der Waals surface area (Å²) in [5.41, 5.74) is 14.7. The van der Waals surface area contributed by atoms with Crippen molar-refractivity contribution in [2.24, 2.45) is 11.8 Å². The Kier molecular flexibility index (Phi) is 7.84. The van der Waals surface area contributed by atoms with E-state index < -0.39 is 0 Å². The maximum Gasteiger partial charge on any atom is 0.0468 e. The third-order valence-corrected chi connectivity index (χ3v) is 14.5. The Morgan fingerprint density at radius 3 is 2.09 bits per heavy atom. The van der Waals surface area contributed by atoms with E-state index in [1.54, 1.807) is 5.56 Å². The van der Waals surface area contributed by atoms with Crippen molar-refractivity contribution >= 4 is 38.6 Å². The quantitative estimate of drug-likeness (QED) is 0.166. The van der Waals surface area contributed by atoms with Crippen molar-refractivity contribution in [3.05, 3.63) is 162 Å². The van der Waals surface area contributed by atoms with E-state index in [2.05, 4.69) is 158 Å². The fourth-order valence-corrected chi connectivity index (χ4v) is 11.6. The highest BCUT2D eigenvalue weighted by Gasteiger charge is 2.40. The van der Waals surface area contributed by atoms with Gasteiger partial charge in [-0.1, -0.05) is 137 Å². The molecule has 0 radical (unpaired) electrons. The highest BCUT2D eigenvalue weighted by atomic mass is 15.1. The predicted octanol–water partition coefficient (Wildman–Crippen LogP) is 15.4. The largest absolute Gasteiger partial charge is 0.310 e. The molecule has 2 bridgehead atoms. The molecular weight excluding hydrogens is 663 g/mol. The van der Waals surface area contributed by atoms with Gasteiger partial charge in [-0.2, -0.15) is 0 Å². The number of nitrogens with zero attached hydrogens (tertiary/aromatic N) is 1. The first-order chi connectivity index (χ1) is 27.0. The standard InChI is InChI=1S/C54H51N/c1-54(2)52-28-22-42(48-14-8-12-38-11-6-7-13-47(38)48)33-51(52)49-27-26-46(34-53(49)54)55(44-23-20-39(21-24-44)50-30-35-15-16-41(50)29-35)45-25-19-37-17-18-40(31-43(37)32-45)36-9-4-3-5-10-36/h6-8,11-14,17-28,31-36,41,50H,3-5,9-10,15-16,29-30H2,1-2H3. The molecule has 3 saturated carbocycles. The van der Waals surface area contributed by atoms with Crippen LogP contribution in [0.15, 0.2) is 140 Å². The molecule has 11 rings (SSSR count). The molecular formula is C54H51N. The molecule has 0 heterocycles. The maximum atomic E-state index is 2.53. The Morgan fingerprint density at radius 2 is 1.25 bits per heavy atom. The van der Waals surface area contributed by atoms with Crippen LogP contribution in [0.3, 0.4) is 0 Å². The van der Waals surface area contributed by atoms with Gasteiger partial charge in [0, 0.05) is 22.5 Å². The number of hydrogen-bond acceptors (Lipinski definition) is 1. The second-order valence-corrected chi connectivity index (χ2v) is 18.0. The molecule has 0 aromatic heterocycles. The van der Waals surface area contributed by atoms with E-state index in [1.807, 2.05) is 0 Å². The molecule has 4 aliphatic rings. The molecule has 55 heavy (non-hydrogen) atoms. The van der Waals surface area contributed by atoms with Crippen LogP contribution in [-0.4, -0.2) is 0 Å². The molecule has 7 aromatic rings. The van der Waals surface area contributed by atoms with Gasteiger partial charge in [0.05, 0.1) is 0 Å². The summed E-state index contributed by atoms with van der Waals surface area (Å²) in [7, 11) is 0. The Hall–Kier alpha value is -5.14. The zero-order valence-corrected chi connectivity index (χ0v) is 32.4. The minimum absolute atomic E-state index is 0.118. The minimum Gasteiger partial charge on any atom is -0.310 e. The normalized spacial score (nSPS) is 21.2. The first-order valence-corrected chi connectivity index (χ1v) is 21.2. The van der Waals surface area contributed by atoms with Crippen LogP contribution < -0.4 is 4.90 Å². The smallest absolute Gasteiger partial charge is 0.0468 e. The highest BCUT2D eigenvalue weighted by Crippen LogP contribution is 2.54. The average molecular weight is 714 g/mol. The first kappa shape index (κ1) is 33.2. The summed E-state index contributed by atoms with van der Waals surface area (Å²) in [6, 6.07) is 54.0. The molecule has 3 fully saturated rings. The van der Waals surface area contributed by atoms with Gasteiger partial charge < -0.3 is 4.90 Å². The lowest BCUT2D eigenvalue weighted by Crippen LogP contribution is -2.16. The Bertz CT molecular complexity index is 2580. The molecule has 0 N–H and O–H groups in total. The van der Waals surface area contributed by atoms with E-state index in [4.69, 9.17) is 0 Å². The van der Waals surface area contributed by atoms with Gasteiger partial charge in [0.2, 0.25) is 0 Å². The molecule has 3 atom stereocenters. The number of rotatable bonds is 6. The maximum absolute atomic E-state index is 2.53. The van der Waals surface area contributed by atoms with E-state index >= 15 is 0 Å². The van der Waals surface area contributed by atoms with Crippen LogP contribution in [0.4, 0.5) is 17.1 Å². The SMILES string of the molecule is CC1(C)c2ccc(-c3cccc4ccccc34)cc2-c2ccc(N(c3ccc(C4CC5CCC4C5)cc3)c3ccc4ccc(C5CCCCC5)cc4c3)cc21. The Balaban J connectivity index is 1.02. The lowest BCUT2D eigenvalue weighted by Gasteiger charge is -2.29. The highest BCUT2D eigenvalue weighted by molar-refractivity contribution is 5.98. The summed E-state index contributed by atoms with van der Waals surface area (Å²) in [5, 5.41) is 5.26. The van der Waals surface area contributed by atoms with Gasteiger partial charge in [0.25, 0.3) is 0 Å². The van der Waals surface area contributed by atoms with E-state index in [9.17, 15) is 0 Å². The lowest BCUT2D eigenvalue weighted by molar-refractivity contribution is 0.420. The third kappa shape index (κ3) is 5.56. The van der Waals surface area contributed by atoms with Crippen LogP contribution in [-0.2, 0) is 5.41 Å². The van der Waals surface area contributed by atoms with Crippen molar-refractivity contribution in [2.75, 3.05) is 4.90 Å². The number of hydrogen-bond donors (Lipinski definition) is 0. The third-order valence-electron chi connectivity index (χ3n) is 14.5. The fraction of sp³-hybridized carbons (Fsp3) is 0.296. The fourth-order valence-electron chi connectivity index (χ4n) is 11.6. The second-order valence-electron chi connectivity index (χ2n) is 18.0. The lowest BCUT2D eigenvalue weighted by atomic mass is 9.82. The molecule has 1 heteroatoms. The second kappa shape index (κ2) is 13.0.